The van der Waals surface area contributed by atoms with Gasteiger partial charge in [-0.1, -0.05) is 19.9 Å². The Labute approximate surface area is 194 Å². The van der Waals surface area contributed by atoms with Gasteiger partial charge in [-0.05, 0) is 70.6 Å². The molecule has 180 valence electrons. The van der Waals surface area contributed by atoms with Crippen molar-refractivity contribution in [2.45, 2.75) is 73.0 Å². The maximum Gasteiger partial charge on any atom is 0.337 e. The van der Waals surface area contributed by atoms with Crippen molar-refractivity contribution in [3.05, 3.63) is 46.8 Å². The third kappa shape index (κ3) is 5.52. The number of halogens is 2. The Kier molecular flexibility index (Phi) is 6.85. The van der Waals surface area contributed by atoms with Gasteiger partial charge in [0, 0.05) is 35.6 Å². The smallest absolute Gasteiger partial charge is 0.337 e. The second-order valence-corrected chi connectivity index (χ2v) is 10.6. The van der Waals surface area contributed by atoms with Crippen molar-refractivity contribution in [3.63, 3.8) is 0 Å². The quantitative estimate of drug-likeness (QED) is 0.575. The molecule has 1 N–H and O–H groups in total. The Bertz CT molecular complexity index is 1050. The van der Waals surface area contributed by atoms with Gasteiger partial charge in [0.25, 0.3) is 0 Å². The molecular weight excluding hydrogens is 426 g/mol. The molecule has 1 atom stereocenters. The number of nitrogens with zero attached hydrogens (tertiary/aromatic N) is 2. The van der Waals surface area contributed by atoms with Gasteiger partial charge >= 0.3 is 5.97 Å². The molecule has 2 aromatic rings. The molecule has 1 aliphatic heterocycles. The summed E-state index contributed by atoms with van der Waals surface area (Å²) in [5.74, 6) is -3.01. The van der Waals surface area contributed by atoms with Crippen LogP contribution in [0.5, 0.6) is 0 Å². The van der Waals surface area contributed by atoms with Gasteiger partial charge in [0.05, 0.1) is 11.3 Å². The van der Waals surface area contributed by atoms with Crippen LogP contribution >= 0.6 is 0 Å². The predicted molar refractivity (Wildman–Crippen MR) is 126 cm³/mol. The molecule has 1 aromatic carbocycles. The highest BCUT2D eigenvalue weighted by atomic mass is 19.2. The van der Waals surface area contributed by atoms with Crippen molar-refractivity contribution in [1.29, 1.82) is 0 Å². The fraction of sp³-hybridized carbons (Fsp3) is 0.538. The lowest BCUT2D eigenvalue weighted by Crippen LogP contribution is -2.39. The minimum atomic E-state index is -1.26. The Hall–Kier alpha value is -2.54. The number of aliphatic carboxylic acids is 1. The summed E-state index contributed by atoms with van der Waals surface area (Å²) in [7, 11) is 0. The number of carboxylic acids is 1. The zero-order valence-electron chi connectivity index (χ0n) is 20.6. The molecule has 1 unspecified atom stereocenters. The van der Waals surface area contributed by atoms with E-state index < -0.39 is 29.3 Å². The molecule has 0 amide bonds. The molecule has 0 bridgehead atoms. The molecule has 3 rings (SSSR count). The van der Waals surface area contributed by atoms with Crippen LogP contribution in [0.3, 0.4) is 0 Å². The Morgan fingerprint density at radius 3 is 2.24 bits per heavy atom. The molecule has 0 aliphatic carbocycles. The average molecular weight is 461 g/mol. The molecule has 1 aromatic heterocycles. The number of aryl methyl sites for hydroxylation is 2. The van der Waals surface area contributed by atoms with E-state index in [-0.39, 0.29) is 5.41 Å². The Balaban J connectivity index is 2.32. The summed E-state index contributed by atoms with van der Waals surface area (Å²) in [5.41, 5.74) is 2.84. The molecule has 0 saturated carbocycles. The number of aromatic nitrogens is 1. The van der Waals surface area contributed by atoms with Gasteiger partial charge in [0.1, 0.15) is 0 Å². The highest BCUT2D eigenvalue weighted by molar-refractivity contribution is 5.88. The van der Waals surface area contributed by atoms with Crippen LogP contribution in [-0.2, 0) is 9.53 Å². The highest BCUT2D eigenvalue weighted by Gasteiger charge is 2.36. The number of rotatable bonds is 5. The third-order valence-electron chi connectivity index (χ3n) is 6.18. The number of carboxylic acid groups (broad SMARTS) is 1. The van der Waals surface area contributed by atoms with Crippen LogP contribution in [0.1, 0.15) is 70.5 Å². The number of piperidine rings is 1. The van der Waals surface area contributed by atoms with E-state index in [1.807, 2.05) is 6.92 Å². The summed E-state index contributed by atoms with van der Waals surface area (Å²) in [5, 5.41) is 10.2. The number of hydrogen-bond acceptors (Lipinski definition) is 4. The maximum atomic E-state index is 14.2. The highest BCUT2D eigenvalue weighted by Crippen LogP contribution is 2.44. The lowest BCUT2D eigenvalue weighted by molar-refractivity contribution is -0.160. The SMILES string of the molecule is Cc1nc(C)c(C(OC(C)(C)C)C(=O)O)c(N2CCC(C)(C)CC2)c1-c1ccc(F)c(F)c1. The third-order valence-corrected chi connectivity index (χ3v) is 6.18. The summed E-state index contributed by atoms with van der Waals surface area (Å²) in [6.45, 7) is 14.9. The largest absolute Gasteiger partial charge is 0.479 e. The normalized spacial score (nSPS) is 17.2. The molecule has 0 radical (unpaired) electrons. The zero-order chi connectivity index (χ0) is 24.7. The number of hydrogen-bond donors (Lipinski definition) is 1. The van der Waals surface area contributed by atoms with Crippen LogP contribution in [0.2, 0.25) is 0 Å². The monoisotopic (exact) mass is 460 g/mol. The second-order valence-electron chi connectivity index (χ2n) is 10.6. The van der Waals surface area contributed by atoms with E-state index in [9.17, 15) is 18.7 Å². The summed E-state index contributed by atoms with van der Waals surface area (Å²) >= 11 is 0. The van der Waals surface area contributed by atoms with Crippen molar-refractivity contribution in [3.8, 4) is 11.1 Å². The number of benzene rings is 1. The molecule has 2 heterocycles. The van der Waals surface area contributed by atoms with Gasteiger partial charge in [-0.3, -0.25) is 4.98 Å². The van der Waals surface area contributed by atoms with E-state index in [4.69, 9.17) is 4.74 Å². The molecule has 1 aliphatic rings. The summed E-state index contributed by atoms with van der Waals surface area (Å²) in [6, 6.07) is 3.75. The van der Waals surface area contributed by atoms with Crippen LogP contribution in [0, 0.1) is 30.9 Å². The standard InChI is InChI=1S/C26H34F2N2O3/c1-15-20(17-8-9-18(27)19(28)14-17)22(30-12-10-26(6,7)11-13-30)21(16(2)29-15)23(24(31)32)33-25(3,4)5/h8-9,14,23H,10-13H2,1-7H3,(H,31,32). The van der Waals surface area contributed by atoms with Gasteiger partial charge in [0.2, 0.25) is 0 Å². The van der Waals surface area contributed by atoms with Gasteiger partial charge in [-0.15, -0.1) is 0 Å². The van der Waals surface area contributed by atoms with Crippen molar-refractivity contribution in [2.24, 2.45) is 5.41 Å². The summed E-state index contributed by atoms with van der Waals surface area (Å²) in [4.78, 5) is 19.2. The second kappa shape index (κ2) is 9.01. The molecule has 1 saturated heterocycles. The maximum absolute atomic E-state index is 14.2. The molecule has 33 heavy (non-hydrogen) atoms. The number of ether oxygens (including phenoxy) is 1. The van der Waals surface area contributed by atoms with Gasteiger partial charge in [-0.25, -0.2) is 13.6 Å². The van der Waals surface area contributed by atoms with E-state index in [1.165, 1.54) is 6.07 Å². The summed E-state index contributed by atoms with van der Waals surface area (Å²) < 4.78 is 34.0. The predicted octanol–water partition coefficient (Wildman–Crippen LogP) is 6.21. The van der Waals surface area contributed by atoms with Crippen molar-refractivity contribution in [2.75, 3.05) is 18.0 Å². The van der Waals surface area contributed by atoms with Crippen LogP contribution in [-0.4, -0.2) is 34.8 Å². The van der Waals surface area contributed by atoms with Crippen molar-refractivity contribution >= 4 is 11.7 Å². The molecule has 7 heteroatoms. The van der Waals surface area contributed by atoms with E-state index in [1.54, 1.807) is 27.7 Å². The average Bonchev–Trinajstić information content (AvgIpc) is 2.68. The molecular formula is C26H34F2N2O3. The zero-order valence-corrected chi connectivity index (χ0v) is 20.6. The lowest BCUT2D eigenvalue weighted by atomic mass is 9.82. The fourth-order valence-electron chi connectivity index (χ4n) is 4.41. The first-order chi connectivity index (χ1) is 15.2. The topological polar surface area (TPSA) is 62.7 Å². The Morgan fingerprint density at radius 1 is 1.12 bits per heavy atom. The first-order valence-electron chi connectivity index (χ1n) is 11.3. The number of pyridine rings is 1. The molecule has 1 fully saturated rings. The van der Waals surface area contributed by atoms with E-state index >= 15 is 0 Å². The minimum absolute atomic E-state index is 0.171. The van der Waals surface area contributed by atoms with Crippen LogP contribution < -0.4 is 4.90 Å². The fourth-order valence-corrected chi connectivity index (χ4v) is 4.41. The van der Waals surface area contributed by atoms with E-state index in [0.29, 0.717) is 46.9 Å². The van der Waals surface area contributed by atoms with Crippen LogP contribution in [0.25, 0.3) is 11.1 Å². The minimum Gasteiger partial charge on any atom is -0.479 e. The van der Waals surface area contributed by atoms with Gasteiger partial charge in [0.15, 0.2) is 17.7 Å². The number of carbonyl (C=O) groups is 1. The van der Waals surface area contributed by atoms with Crippen LogP contribution in [0.4, 0.5) is 14.5 Å². The lowest BCUT2D eigenvalue weighted by Gasteiger charge is -2.41. The van der Waals surface area contributed by atoms with Crippen molar-refractivity contribution in [1.82, 2.24) is 4.98 Å². The van der Waals surface area contributed by atoms with E-state index in [2.05, 4.69) is 23.7 Å². The summed E-state index contributed by atoms with van der Waals surface area (Å²) in [6.07, 6.45) is 0.580. The van der Waals surface area contributed by atoms with Crippen LogP contribution in [0.15, 0.2) is 18.2 Å². The van der Waals surface area contributed by atoms with Gasteiger partial charge in [-0.2, -0.15) is 0 Å². The van der Waals surface area contributed by atoms with E-state index in [0.717, 1.165) is 25.0 Å². The molecule has 0 spiro atoms. The Morgan fingerprint density at radius 2 is 1.73 bits per heavy atom. The molecule has 5 nitrogen and oxygen atoms in total. The first kappa shape index (κ1) is 25.1. The van der Waals surface area contributed by atoms with Gasteiger partial charge < -0.3 is 14.7 Å². The first-order valence-corrected chi connectivity index (χ1v) is 11.3. The van der Waals surface area contributed by atoms with Crippen molar-refractivity contribution < 1.29 is 23.4 Å². The number of anilines is 1.